The van der Waals surface area contributed by atoms with E-state index in [0.29, 0.717) is 6.42 Å². The number of carbonyl (C=O) groups is 2. The average molecular weight is 286 g/mol. The monoisotopic (exact) mass is 286 g/mol. The first-order chi connectivity index (χ1) is 9.19. The zero-order valence-corrected chi connectivity index (χ0v) is 12.5. The SMILES string of the molecule is C=C(C)C(=O)OOOOC(=O)C(=C)CC(C)(C)CCC. The maximum atomic E-state index is 11.5. The fourth-order valence-electron chi connectivity index (χ4n) is 1.63. The van der Waals surface area contributed by atoms with Gasteiger partial charge in [-0.2, -0.15) is 0 Å². The highest BCUT2D eigenvalue weighted by atomic mass is 17.7. The second-order valence-corrected chi connectivity index (χ2v) is 5.35. The van der Waals surface area contributed by atoms with Crippen molar-refractivity contribution in [2.75, 3.05) is 0 Å². The minimum absolute atomic E-state index is 0.0574. The summed E-state index contributed by atoms with van der Waals surface area (Å²) in [5, 5.41) is 7.98. The third kappa shape index (κ3) is 7.70. The Bertz CT molecular complexity index is 383. The van der Waals surface area contributed by atoms with Gasteiger partial charge in [0.1, 0.15) is 0 Å². The van der Waals surface area contributed by atoms with E-state index in [1.807, 2.05) is 13.8 Å². The molecule has 0 spiro atoms. The van der Waals surface area contributed by atoms with E-state index >= 15 is 0 Å². The molecule has 0 amide bonds. The van der Waals surface area contributed by atoms with Crippen molar-refractivity contribution < 1.29 is 29.4 Å². The molecule has 20 heavy (non-hydrogen) atoms. The molecule has 114 valence electrons. The average Bonchev–Trinajstić information content (AvgIpc) is 2.32. The summed E-state index contributed by atoms with van der Waals surface area (Å²) in [5.74, 6) is -1.61. The van der Waals surface area contributed by atoms with Gasteiger partial charge in [-0.3, -0.25) is 9.78 Å². The number of carbonyl (C=O) groups excluding carboxylic acids is 2. The van der Waals surface area contributed by atoms with Gasteiger partial charge in [0.15, 0.2) is 0 Å². The molecule has 0 N–H and O–H groups in total. The van der Waals surface area contributed by atoms with Gasteiger partial charge in [-0.05, 0) is 25.2 Å². The summed E-state index contributed by atoms with van der Waals surface area (Å²) in [4.78, 5) is 30.8. The molecule has 0 heterocycles. The largest absolute Gasteiger partial charge is 0.371 e. The lowest BCUT2D eigenvalue weighted by Gasteiger charge is -2.23. The Labute approximate surface area is 119 Å². The van der Waals surface area contributed by atoms with Gasteiger partial charge in [-0.25, -0.2) is 9.59 Å². The normalized spacial score (nSPS) is 10.8. The molecule has 0 aliphatic heterocycles. The lowest BCUT2D eigenvalue weighted by molar-refractivity contribution is -0.598. The standard InChI is InChI=1S/C14H22O6/c1-7-8-14(5,6)9-11(4)13(16)18-20-19-17-12(15)10(2)3/h2,4,7-9H2,1,3,5-6H3. The molecule has 0 aromatic heterocycles. The Morgan fingerprint density at radius 1 is 1.05 bits per heavy atom. The first-order valence-corrected chi connectivity index (χ1v) is 6.29. The molecule has 0 aromatic rings. The minimum atomic E-state index is -0.830. The van der Waals surface area contributed by atoms with Crippen LogP contribution in [-0.2, 0) is 29.4 Å². The van der Waals surface area contributed by atoms with Crippen LogP contribution in [0.1, 0.15) is 47.0 Å². The first kappa shape index (κ1) is 18.3. The van der Waals surface area contributed by atoms with Gasteiger partial charge in [0, 0.05) is 21.2 Å². The van der Waals surface area contributed by atoms with Gasteiger partial charge in [0.25, 0.3) is 0 Å². The molecule has 0 fully saturated rings. The van der Waals surface area contributed by atoms with E-state index in [2.05, 4.69) is 39.9 Å². The van der Waals surface area contributed by atoms with Crippen LogP contribution >= 0.6 is 0 Å². The van der Waals surface area contributed by atoms with Crippen LogP contribution in [0.3, 0.4) is 0 Å². The lowest BCUT2D eigenvalue weighted by Crippen LogP contribution is -2.17. The molecule has 6 nitrogen and oxygen atoms in total. The highest BCUT2D eigenvalue weighted by Gasteiger charge is 2.22. The second kappa shape index (κ2) is 8.50. The van der Waals surface area contributed by atoms with E-state index in [4.69, 9.17) is 0 Å². The second-order valence-electron chi connectivity index (χ2n) is 5.35. The Kier molecular flexibility index (Phi) is 7.79. The molecule has 0 saturated heterocycles. The molecule has 0 rings (SSSR count). The third-order valence-electron chi connectivity index (χ3n) is 2.50. The summed E-state index contributed by atoms with van der Waals surface area (Å²) in [6.45, 7) is 14.5. The summed E-state index contributed by atoms with van der Waals surface area (Å²) in [7, 11) is 0. The summed E-state index contributed by atoms with van der Waals surface area (Å²) in [6, 6.07) is 0. The number of rotatable bonds is 9. The van der Waals surface area contributed by atoms with Crippen LogP contribution in [0.4, 0.5) is 0 Å². The maximum Gasteiger partial charge on any atom is 0.371 e. The van der Waals surface area contributed by atoms with Crippen LogP contribution in [0.2, 0.25) is 0 Å². The van der Waals surface area contributed by atoms with Crippen molar-refractivity contribution in [3.63, 3.8) is 0 Å². The Balaban J connectivity index is 4.01. The number of hydrogen-bond acceptors (Lipinski definition) is 6. The van der Waals surface area contributed by atoms with Gasteiger partial charge in [0.05, 0.1) is 0 Å². The minimum Gasteiger partial charge on any atom is -0.261 e. The summed E-state index contributed by atoms with van der Waals surface area (Å²) in [5.41, 5.74) is 0.307. The molecule has 0 bridgehead atoms. The topological polar surface area (TPSA) is 71.1 Å². The van der Waals surface area contributed by atoms with Crippen LogP contribution < -0.4 is 0 Å². The molecule has 0 unspecified atom stereocenters. The molecule has 0 radical (unpaired) electrons. The van der Waals surface area contributed by atoms with E-state index in [1.165, 1.54) is 6.92 Å². The van der Waals surface area contributed by atoms with Crippen LogP contribution in [0.25, 0.3) is 0 Å². The molecule has 0 saturated carbocycles. The molecule has 6 heteroatoms. The van der Waals surface area contributed by atoms with E-state index in [0.717, 1.165) is 12.8 Å². The van der Waals surface area contributed by atoms with Crippen molar-refractivity contribution >= 4 is 11.9 Å². The first-order valence-electron chi connectivity index (χ1n) is 6.29. The van der Waals surface area contributed by atoms with Crippen LogP contribution in [0, 0.1) is 5.41 Å². The zero-order valence-electron chi connectivity index (χ0n) is 12.5. The van der Waals surface area contributed by atoms with Crippen molar-refractivity contribution in [2.24, 2.45) is 5.41 Å². The molecule has 0 aliphatic carbocycles. The van der Waals surface area contributed by atoms with E-state index < -0.39 is 11.9 Å². The van der Waals surface area contributed by atoms with Gasteiger partial charge in [-0.1, -0.05) is 40.3 Å². The predicted molar refractivity (Wildman–Crippen MR) is 71.6 cm³/mol. The van der Waals surface area contributed by atoms with Crippen LogP contribution in [0.15, 0.2) is 24.3 Å². The molecular weight excluding hydrogens is 264 g/mol. The van der Waals surface area contributed by atoms with E-state index in [9.17, 15) is 9.59 Å². The fraction of sp³-hybridized carbons (Fsp3) is 0.571. The fourth-order valence-corrected chi connectivity index (χ4v) is 1.63. The van der Waals surface area contributed by atoms with Crippen molar-refractivity contribution in [2.45, 2.75) is 47.0 Å². The molecule has 0 aliphatic rings. The summed E-state index contributed by atoms with van der Waals surface area (Å²) in [6.07, 6.45) is 2.42. The van der Waals surface area contributed by atoms with E-state index in [-0.39, 0.29) is 16.6 Å². The predicted octanol–water partition coefficient (Wildman–Crippen LogP) is 3.20. The lowest BCUT2D eigenvalue weighted by atomic mass is 9.82. The molecule has 0 aromatic carbocycles. The van der Waals surface area contributed by atoms with Gasteiger partial charge in [-0.15, -0.1) is 0 Å². The zero-order chi connectivity index (χ0) is 15.8. The smallest absolute Gasteiger partial charge is 0.261 e. The highest BCUT2D eigenvalue weighted by Crippen LogP contribution is 2.30. The molecule has 0 atom stereocenters. The van der Waals surface area contributed by atoms with Gasteiger partial charge >= 0.3 is 11.9 Å². The van der Waals surface area contributed by atoms with Gasteiger partial charge in [0.2, 0.25) is 0 Å². The quantitative estimate of drug-likeness (QED) is 0.280. The summed E-state index contributed by atoms with van der Waals surface area (Å²) >= 11 is 0. The van der Waals surface area contributed by atoms with Crippen molar-refractivity contribution in [3.05, 3.63) is 24.3 Å². The van der Waals surface area contributed by atoms with Crippen LogP contribution in [0.5, 0.6) is 0 Å². The highest BCUT2D eigenvalue weighted by molar-refractivity contribution is 5.87. The Morgan fingerprint density at radius 3 is 2.00 bits per heavy atom. The Morgan fingerprint density at radius 2 is 1.55 bits per heavy atom. The number of hydrogen-bond donors (Lipinski definition) is 0. The van der Waals surface area contributed by atoms with Gasteiger partial charge < -0.3 is 0 Å². The van der Waals surface area contributed by atoms with Crippen molar-refractivity contribution in [3.8, 4) is 0 Å². The Hall–Kier alpha value is -1.66. The van der Waals surface area contributed by atoms with Crippen LogP contribution in [-0.4, -0.2) is 11.9 Å². The van der Waals surface area contributed by atoms with E-state index in [1.54, 1.807) is 0 Å². The van der Waals surface area contributed by atoms with Crippen molar-refractivity contribution in [1.29, 1.82) is 0 Å². The maximum absolute atomic E-state index is 11.5. The summed E-state index contributed by atoms with van der Waals surface area (Å²) < 4.78 is 0. The molecular formula is C14H22O6. The third-order valence-corrected chi connectivity index (χ3v) is 2.50. The van der Waals surface area contributed by atoms with Crippen molar-refractivity contribution in [1.82, 2.24) is 0 Å².